The molecular formula is C7H9N3O3S. The first-order valence-electron chi connectivity index (χ1n) is 3.80. The minimum Gasteiger partial charge on any atom is -0.481 e. The maximum atomic E-state index is 11.2. The van der Waals surface area contributed by atoms with Gasteiger partial charge in [0.15, 0.2) is 4.77 Å². The summed E-state index contributed by atoms with van der Waals surface area (Å²) in [7, 11) is 0. The average molecular weight is 215 g/mol. The summed E-state index contributed by atoms with van der Waals surface area (Å²) >= 11 is 4.67. The van der Waals surface area contributed by atoms with Crippen LogP contribution in [0.15, 0.2) is 11.0 Å². The van der Waals surface area contributed by atoms with Crippen LogP contribution in [0.3, 0.4) is 0 Å². The molecule has 76 valence electrons. The summed E-state index contributed by atoms with van der Waals surface area (Å²) < 4.78 is 0.182. The van der Waals surface area contributed by atoms with Crippen LogP contribution in [0.4, 0.5) is 0 Å². The summed E-state index contributed by atoms with van der Waals surface area (Å²) in [6, 6.07) is -0.830. The number of aromatic nitrogens is 2. The van der Waals surface area contributed by atoms with Crippen LogP contribution in [-0.2, 0) is 4.79 Å². The van der Waals surface area contributed by atoms with Crippen LogP contribution in [0, 0.1) is 4.77 Å². The van der Waals surface area contributed by atoms with E-state index in [9.17, 15) is 9.59 Å². The molecule has 0 aliphatic carbocycles. The van der Waals surface area contributed by atoms with Crippen molar-refractivity contribution in [1.29, 1.82) is 0 Å². The van der Waals surface area contributed by atoms with Crippen molar-refractivity contribution in [2.75, 3.05) is 0 Å². The van der Waals surface area contributed by atoms with Crippen LogP contribution in [0.2, 0.25) is 0 Å². The van der Waals surface area contributed by atoms with E-state index in [1.165, 1.54) is 6.20 Å². The minimum atomic E-state index is -1.06. The van der Waals surface area contributed by atoms with Crippen molar-refractivity contribution in [2.45, 2.75) is 12.5 Å². The van der Waals surface area contributed by atoms with Gasteiger partial charge in [-0.15, -0.1) is 0 Å². The number of aromatic amines is 2. The lowest BCUT2D eigenvalue weighted by molar-refractivity contribution is -0.137. The van der Waals surface area contributed by atoms with Crippen molar-refractivity contribution in [3.8, 4) is 0 Å². The lowest BCUT2D eigenvalue weighted by Gasteiger charge is -2.06. The summed E-state index contributed by atoms with van der Waals surface area (Å²) in [5.41, 5.74) is 5.22. The van der Waals surface area contributed by atoms with Crippen LogP contribution in [-0.4, -0.2) is 21.0 Å². The molecule has 0 aliphatic heterocycles. The molecule has 0 aliphatic rings. The highest BCUT2D eigenvalue weighted by atomic mass is 32.1. The first-order valence-corrected chi connectivity index (χ1v) is 4.21. The second kappa shape index (κ2) is 4.16. The maximum absolute atomic E-state index is 11.2. The predicted molar refractivity (Wildman–Crippen MR) is 51.4 cm³/mol. The quantitative estimate of drug-likeness (QED) is 0.526. The fraction of sp³-hybridized carbons (Fsp3) is 0.286. The van der Waals surface area contributed by atoms with Crippen LogP contribution in [0.1, 0.15) is 18.0 Å². The molecule has 0 fully saturated rings. The first-order chi connectivity index (χ1) is 6.50. The first kappa shape index (κ1) is 10.6. The Morgan fingerprint density at radius 2 is 2.36 bits per heavy atom. The molecule has 0 bridgehead atoms. The van der Waals surface area contributed by atoms with Crippen molar-refractivity contribution < 1.29 is 9.90 Å². The highest BCUT2D eigenvalue weighted by Crippen LogP contribution is 2.06. The van der Waals surface area contributed by atoms with Gasteiger partial charge >= 0.3 is 5.97 Å². The molecule has 1 atom stereocenters. The predicted octanol–water partition coefficient (Wildman–Crippen LogP) is -0.0930. The zero-order chi connectivity index (χ0) is 10.7. The minimum absolute atomic E-state index is 0.181. The lowest BCUT2D eigenvalue weighted by atomic mass is 10.1. The van der Waals surface area contributed by atoms with Gasteiger partial charge in [-0.1, -0.05) is 0 Å². The number of nitrogens with one attached hydrogen (secondary N) is 2. The van der Waals surface area contributed by atoms with E-state index < -0.39 is 17.6 Å². The number of carboxylic acid groups (broad SMARTS) is 1. The van der Waals surface area contributed by atoms with Gasteiger partial charge in [0.2, 0.25) is 0 Å². The number of rotatable bonds is 3. The molecule has 1 unspecified atom stereocenters. The molecule has 1 heterocycles. The van der Waals surface area contributed by atoms with Gasteiger partial charge in [0, 0.05) is 12.2 Å². The van der Waals surface area contributed by atoms with Gasteiger partial charge in [0.05, 0.1) is 12.0 Å². The van der Waals surface area contributed by atoms with Gasteiger partial charge < -0.3 is 15.8 Å². The zero-order valence-electron chi connectivity index (χ0n) is 7.11. The number of aliphatic carboxylic acids is 1. The van der Waals surface area contributed by atoms with E-state index in [1.54, 1.807) is 0 Å². The summed E-state index contributed by atoms with van der Waals surface area (Å²) in [4.78, 5) is 26.5. The second-order valence-corrected chi connectivity index (χ2v) is 3.14. The third-order valence-electron chi connectivity index (χ3n) is 1.64. The highest BCUT2D eigenvalue weighted by Gasteiger charge is 2.13. The van der Waals surface area contributed by atoms with Crippen molar-refractivity contribution in [2.24, 2.45) is 5.73 Å². The smallest absolute Gasteiger partial charge is 0.305 e. The highest BCUT2D eigenvalue weighted by molar-refractivity contribution is 7.71. The van der Waals surface area contributed by atoms with E-state index in [2.05, 4.69) is 22.2 Å². The van der Waals surface area contributed by atoms with Crippen LogP contribution >= 0.6 is 12.2 Å². The number of carbonyl (C=O) groups is 1. The van der Waals surface area contributed by atoms with Crippen LogP contribution < -0.4 is 11.3 Å². The molecule has 1 aromatic heterocycles. The van der Waals surface area contributed by atoms with Gasteiger partial charge in [-0.05, 0) is 12.2 Å². The molecule has 1 aromatic rings. The number of nitrogens with two attached hydrogens (primary N) is 1. The standard InChI is InChI=1S/C7H9N3O3S/c8-4(1-5(11)12)3-2-9-7(14)10-6(3)13/h2,4H,1,8H2,(H,11,12)(H2,9,10,13,14). The number of H-pyrrole nitrogens is 2. The zero-order valence-corrected chi connectivity index (χ0v) is 7.93. The molecule has 6 nitrogen and oxygen atoms in total. The van der Waals surface area contributed by atoms with Gasteiger partial charge in [-0.25, -0.2) is 0 Å². The Hall–Kier alpha value is -1.47. The van der Waals surface area contributed by atoms with Crippen LogP contribution in [0.5, 0.6) is 0 Å². The molecule has 0 amide bonds. The third kappa shape index (κ3) is 2.51. The summed E-state index contributed by atoms with van der Waals surface area (Å²) in [6.07, 6.45) is 1.03. The van der Waals surface area contributed by atoms with E-state index in [-0.39, 0.29) is 16.8 Å². The molecule has 7 heteroatoms. The molecule has 0 radical (unpaired) electrons. The van der Waals surface area contributed by atoms with Gasteiger partial charge in [-0.2, -0.15) is 0 Å². The van der Waals surface area contributed by atoms with Gasteiger partial charge in [0.25, 0.3) is 5.56 Å². The van der Waals surface area contributed by atoms with E-state index in [1.807, 2.05) is 0 Å². The average Bonchev–Trinajstić information content (AvgIpc) is 2.01. The Bertz CT molecular complexity index is 450. The molecular weight excluding hydrogens is 206 g/mol. The maximum Gasteiger partial charge on any atom is 0.305 e. The third-order valence-corrected chi connectivity index (χ3v) is 1.86. The molecule has 5 N–H and O–H groups in total. The Kier molecular flexibility index (Phi) is 3.15. The van der Waals surface area contributed by atoms with E-state index in [0.29, 0.717) is 0 Å². The molecule has 1 rings (SSSR count). The normalized spacial score (nSPS) is 12.4. The Labute approximate surface area is 83.8 Å². The largest absolute Gasteiger partial charge is 0.481 e. The fourth-order valence-corrected chi connectivity index (χ4v) is 1.15. The molecule has 0 saturated carbocycles. The molecule has 0 saturated heterocycles. The molecule has 14 heavy (non-hydrogen) atoms. The summed E-state index contributed by atoms with van der Waals surface area (Å²) in [5, 5.41) is 8.47. The number of hydrogen-bond donors (Lipinski definition) is 4. The Balaban J connectivity index is 3.02. The summed E-state index contributed by atoms with van der Waals surface area (Å²) in [5.74, 6) is -1.06. The molecule has 0 spiro atoms. The van der Waals surface area contributed by atoms with Crippen molar-refractivity contribution >= 4 is 18.2 Å². The fourth-order valence-electron chi connectivity index (χ4n) is 0.994. The Morgan fingerprint density at radius 3 is 2.86 bits per heavy atom. The monoisotopic (exact) mass is 215 g/mol. The lowest BCUT2D eigenvalue weighted by Crippen LogP contribution is -2.24. The van der Waals surface area contributed by atoms with Crippen molar-refractivity contribution in [1.82, 2.24) is 9.97 Å². The topological polar surface area (TPSA) is 112 Å². The SMILES string of the molecule is NC(CC(=O)O)c1c[nH]c(=S)[nH]c1=O. The van der Waals surface area contributed by atoms with Crippen molar-refractivity contribution in [3.05, 3.63) is 26.9 Å². The van der Waals surface area contributed by atoms with Gasteiger partial charge in [0.1, 0.15) is 0 Å². The van der Waals surface area contributed by atoms with Crippen LogP contribution in [0.25, 0.3) is 0 Å². The molecule has 0 aromatic carbocycles. The number of hydrogen-bond acceptors (Lipinski definition) is 4. The number of carboxylic acids is 1. The second-order valence-electron chi connectivity index (χ2n) is 2.73. The van der Waals surface area contributed by atoms with E-state index >= 15 is 0 Å². The van der Waals surface area contributed by atoms with Crippen molar-refractivity contribution in [3.63, 3.8) is 0 Å². The van der Waals surface area contributed by atoms with Gasteiger partial charge in [-0.3, -0.25) is 14.6 Å². The van der Waals surface area contributed by atoms with E-state index in [4.69, 9.17) is 10.8 Å². The summed E-state index contributed by atoms with van der Waals surface area (Å²) in [6.45, 7) is 0. The Morgan fingerprint density at radius 1 is 1.71 bits per heavy atom. The van der Waals surface area contributed by atoms with E-state index in [0.717, 1.165) is 0 Å².